The fourth-order valence-corrected chi connectivity index (χ4v) is 5.94. The standard InChI is InChI=1S/C24H24ClN3O5S2/c1-3-34(29,30)27-22-7-5-4-6-21(22)23-16-24(17-8-12-19(33-2)13-9-17)28(26-23)35(31,32)20-14-10-18(25)11-15-20/h4-15,24,27H,3,16H2,1-2H3/t24-/m1/s1. The van der Waals surface area contributed by atoms with Gasteiger partial charge >= 0.3 is 0 Å². The van der Waals surface area contributed by atoms with Crippen LogP contribution < -0.4 is 9.46 Å². The molecule has 35 heavy (non-hydrogen) atoms. The summed E-state index contributed by atoms with van der Waals surface area (Å²) in [6.07, 6.45) is 0.240. The molecule has 0 bridgehead atoms. The van der Waals surface area contributed by atoms with Gasteiger partial charge in [-0.05, 0) is 55.0 Å². The molecular formula is C24H24ClN3O5S2. The van der Waals surface area contributed by atoms with E-state index in [0.29, 0.717) is 33.3 Å². The molecule has 0 unspecified atom stereocenters. The van der Waals surface area contributed by atoms with Gasteiger partial charge in [0.1, 0.15) is 5.75 Å². The van der Waals surface area contributed by atoms with E-state index in [2.05, 4.69) is 9.82 Å². The Morgan fingerprint density at radius 3 is 2.29 bits per heavy atom. The van der Waals surface area contributed by atoms with Crippen molar-refractivity contribution < 1.29 is 21.6 Å². The van der Waals surface area contributed by atoms with Crippen LogP contribution in [0.4, 0.5) is 5.69 Å². The number of benzene rings is 3. The molecule has 1 aliphatic rings. The van der Waals surface area contributed by atoms with Gasteiger partial charge in [-0.3, -0.25) is 4.72 Å². The molecule has 0 fully saturated rings. The molecule has 4 rings (SSSR count). The molecule has 0 aromatic heterocycles. The monoisotopic (exact) mass is 533 g/mol. The fourth-order valence-electron chi connectivity index (χ4n) is 3.73. The second-order valence-corrected chi connectivity index (χ2v) is 12.1. The van der Waals surface area contributed by atoms with Crippen LogP contribution in [-0.4, -0.2) is 39.8 Å². The molecule has 8 nitrogen and oxygen atoms in total. The Balaban J connectivity index is 1.81. The molecule has 1 atom stereocenters. The van der Waals surface area contributed by atoms with E-state index < -0.39 is 26.1 Å². The molecule has 0 amide bonds. The van der Waals surface area contributed by atoms with E-state index in [-0.39, 0.29) is 17.1 Å². The van der Waals surface area contributed by atoms with Crippen molar-refractivity contribution in [3.8, 4) is 5.75 Å². The lowest BCUT2D eigenvalue weighted by molar-refractivity contribution is 0.370. The third-order valence-electron chi connectivity index (χ3n) is 5.61. The van der Waals surface area contributed by atoms with Crippen LogP contribution in [0.5, 0.6) is 5.75 Å². The summed E-state index contributed by atoms with van der Waals surface area (Å²) in [5, 5.41) is 4.92. The normalized spacial score (nSPS) is 16.1. The van der Waals surface area contributed by atoms with Gasteiger partial charge in [-0.15, -0.1) is 0 Å². The van der Waals surface area contributed by atoms with E-state index in [1.54, 1.807) is 55.6 Å². The Kier molecular flexibility index (Phi) is 7.07. The van der Waals surface area contributed by atoms with Crippen molar-refractivity contribution in [3.05, 3.63) is 88.9 Å². The lowest BCUT2D eigenvalue weighted by atomic mass is 9.98. The lowest BCUT2D eigenvalue weighted by Gasteiger charge is -2.23. The number of halogens is 1. The molecule has 3 aromatic carbocycles. The first-order valence-electron chi connectivity index (χ1n) is 10.8. The van der Waals surface area contributed by atoms with Gasteiger partial charge in [0.2, 0.25) is 10.0 Å². The van der Waals surface area contributed by atoms with Crippen molar-refractivity contribution in [1.82, 2.24) is 4.41 Å². The average molecular weight is 534 g/mol. The number of anilines is 1. The van der Waals surface area contributed by atoms with Crippen LogP contribution in [-0.2, 0) is 20.0 Å². The maximum atomic E-state index is 13.6. The molecule has 0 spiro atoms. The number of hydrogen-bond acceptors (Lipinski definition) is 6. The Labute approximate surface area is 210 Å². The SMILES string of the molecule is CCS(=O)(=O)Nc1ccccc1C1=NN(S(=O)(=O)c2ccc(Cl)cc2)[C@@H](c2ccc(OC)cc2)C1. The summed E-state index contributed by atoms with van der Waals surface area (Å²) < 4.78 is 60.6. The number of para-hydroxylation sites is 1. The van der Waals surface area contributed by atoms with Gasteiger partial charge in [-0.1, -0.05) is 41.9 Å². The van der Waals surface area contributed by atoms with E-state index >= 15 is 0 Å². The first-order chi connectivity index (χ1) is 16.6. The summed E-state index contributed by atoms with van der Waals surface area (Å²) in [6, 6.07) is 19.1. The highest BCUT2D eigenvalue weighted by Gasteiger charge is 2.38. The Morgan fingerprint density at radius 1 is 1.00 bits per heavy atom. The van der Waals surface area contributed by atoms with Crippen LogP contribution >= 0.6 is 11.6 Å². The summed E-state index contributed by atoms with van der Waals surface area (Å²) in [5.41, 5.74) is 2.01. The van der Waals surface area contributed by atoms with Crippen LogP contribution in [0.1, 0.15) is 30.5 Å². The molecule has 0 saturated carbocycles. The summed E-state index contributed by atoms with van der Waals surface area (Å²) >= 11 is 5.96. The molecule has 184 valence electrons. The number of nitrogens with zero attached hydrogens (tertiary/aromatic N) is 2. The molecule has 1 aliphatic heterocycles. The number of hydrazone groups is 1. The van der Waals surface area contributed by atoms with Crippen molar-refractivity contribution in [1.29, 1.82) is 0 Å². The topological polar surface area (TPSA) is 105 Å². The number of rotatable bonds is 8. The number of methoxy groups -OCH3 is 1. The molecule has 3 aromatic rings. The smallest absolute Gasteiger partial charge is 0.279 e. The second-order valence-electron chi connectivity index (χ2n) is 7.82. The average Bonchev–Trinajstić information content (AvgIpc) is 3.31. The van der Waals surface area contributed by atoms with E-state index in [1.807, 2.05) is 0 Å². The van der Waals surface area contributed by atoms with Gasteiger partial charge < -0.3 is 4.74 Å². The highest BCUT2D eigenvalue weighted by atomic mass is 35.5. The predicted molar refractivity (Wildman–Crippen MR) is 137 cm³/mol. The van der Waals surface area contributed by atoms with Crippen molar-refractivity contribution in [2.24, 2.45) is 5.10 Å². The van der Waals surface area contributed by atoms with E-state index in [9.17, 15) is 16.8 Å². The predicted octanol–water partition coefficient (Wildman–Crippen LogP) is 4.65. The number of ether oxygens (including phenoxy) is 1. The highest BCUT2D eigenvalue weighted by molar-refractivity contribution is 7.92. The van der Waals surface area contributed by atoms with Gasteiger partial charge in [-0.2, -0.15) is 17.9 Å². The third kappa shape index (κ3) is 5.29. The zero-order valence-electron chi connectivity index (χ0n) is 19.0. The lowest BCUT2D eigenvalue weighted by Crippen LogP contribution is -2.27. The summed E-state index contributed by atoms with van der Waals surface area (Å²) in [6.45, 7) is 1.54. The van der Waals surface area contributed by atoms with Crippen LogP contribution in [0.25, 0.3) is 0 Å². The Hall–Kier alpha value is -3.08. The van der Waals surface area contributed by atoms with Crippen LogP contribution in [0.3, 0.4) is 0 Å². The molecule has 11 heteroatoms. The minimum Gasteiger partial charge on any atom is -0.497 e. The van der Waals surface area contributed by atoms with E-state index in [0.717, 1.165) is 4.41 Å². The maximum Gasteiger partial charge on any atom is 0.279 e. The highest BCUT2D eigenvalue weighted by Crippen LogP contribution is 2.39. The minimum absolute atomic E-state index is 0.0467. The first kappa shape index (κ1) is 25.0. The van der Waals surface area contributed by atoms with Gasteiger partial charge in [0.05, 0.1) is 35.2 Å². The molecule has 1 N–H and O–H groups in total. The summed E-state index contributed by atoms with van der Waals surface area (Å²) in [5.74, 6) is 0.540. The molecule has 0 aliphatic carbocycles. The Bertz CT molecular complexity index is 1460. The van der Waals surface area contributed by atoms with Crippen LogP contribution in [0.15, 0.2) is 82.8 Å². The summed E-state index contributed by atoms with van der Waals surface area (Å²) in [4.78, 5) is 0.0467. The maximum absolute atomic E-state index is 13.6. The van der Waals surface area contributed by atoms with Crippen LogP contribution in [0.2, 0.25) is 5.02 Å². The van der Waals surface area contributed by atoms with E-state index in [1.165, 1.54) is 31.2 Å². The zero-order valence-corrected chi connectivity index (χ0v) is 21.4. The quantitative estimate of drug-likeness (QED) is 0.453. The van der Waals surface area contributed by atoms with E-state index in [4.69, 9.17) is 16.3 Å². The zero-order chi connectivity index (χ0) is 25.2. The number of hydrogen-bond donors (Lipinski definition) is 1. The van der Waals surface area contributed by atoms with Crippen molar-refractivity contribution in [2.45, 2.75) is 24.3 Å². The molecular weight excluding hydrogens is 510 g/mol. The van der Waals surface area contributed by atoms with Crippen molar-refractivity contribution in [2.75, 3.05) is 17.6 Å². The van der Waals surface area contributed by atoms with Gasteiger partial charge in [0, 0.05) is 17.0 Å². The third-order valence-corrected chi connectivity index (χ3v) is 8.85. The van der Waals surface area contributed by atoms with Crippen LogP contribution in [0, 0.1) is 0 Å². The molecule has 1 heterocycles. The summed E-state index contributed by atoms with van der Waals surface area (Å²) in [7, 11) is -6.04. The number of nitrogens with one attached hydrogen (secondary N) is 1. The van der Waals surface area contributed by atoms with Gasteiger partial charge in [-0.25, -0.2) is 8.42 Å². The largest absolute Gasteiger partial charge is 0.497 e. The van der Waals surface area contributed by atoms with Crippen molar-refractivity contribution >= 4 is 43.0 Å². The van der Waals surface area contributed by atoms with Crippen molar-refractivity contribution in [3.63, 3.8) is 0 Å². The first-order valence-corrected chi connectivity index (χ1v) is 14.2. The molecule has 0 radical (unpaired) electrons. The Morgan fingerprint density at radius 2 is 1.66 bits per heavy atom. The minimum atomic E-state index is -4.04. The second kappa shape index (κ2) is 9.88. The van der Waals surface area contributed by atoms with Gasteiger partial charge in [0.15, 0.2) is 0 Å². The number of sulfonamides is 2. The molecule has 0 saturated heterocycles. The van der Waals surface area contributed by atoms with Gasteiger partial charge in [0.25, 0.3) is 10.0 Å². The fraction of sp³-hybridized carbons (Fsp3) is 0.208.